The fourth-order valence-electron chi connectivity index (χ4n) is 2.21. The third-order valence-corrected chi connectivity index (χ3v) is 3.54. The van der Waals surface area contributed by atoms with Gasteiger partial charge in [0.2, 0.25) is 5.91 Å². The SMILES string of the molecule is CC(C)(N)C(=O)NCC(C1CC1)C1CC1. The lowest BCUT2D eigenvalue weighted by atomic mass is 9.97. The minimum absolute atomic E-state index is 0.0196. The van der Waals surface area contributed by atoms with Crippen LogP contribution >= 0.6 is 0 Å². The van der Waals surface area contributed by atoms with E-state index in [0.717, 1.165) is 24.3 Å². The molecule has 0 aliphatic heterocycles. The molecule has 2 fully saturated rings. The van der Waals surface area contributed by atoms with Gasteiger partial charge in [0.25, 0.3) is 0 Å². The molecule has 0 spiro atoms. The van der Waals surface area contributed by atoms with E-state index >= 15 is 0 Å². The van der Waals surface area contributed by atoms with E-state index in [1.165, 1.54) is 25.7 Å². The van der Waals surface area contributed by atoms with Crippen molar-refractivity contribution in [3.05, 3.63) is 0 Å². The number of nitrogens with one attached hydrogen (secondary N) is 1. The van der Waals surface area contributed by atoms with Crippen LogP contribution in [0.1, 0.15) is 39.5 Å². The monoisotopic (exact) mass is 210 g/mol. The van der Waals surface area contributed by atoms with Crippen molar-refractivity contribution in [2.24, 2.45) is 23.5 Å². The summed E-state index contributed by atoms with van der Waals surface area (Å²) in [7, 11) is 0. The summed E-state index contributed by atoms with van der Waals surface area (Å²) < 4.78 is 0. The Kier molecular flexibility index (Phi) is 2.75. The van der Waals surface area contributed by atoms with Crippen molar-refractivity contribution in [1.29, 1.82) is 0 Å². The fourth-order valence-corrected chi connectivity index (χ4v) is 2.21. The van der Waals surface area contributed by atoms with Gasteiger partial charge in [-0.05, 0) is 57.3 Å². The van der Waals surface area contributed by atoms with Gasteiger partial charge in [-0.15, -0.1) is 0 Å². The molecule has 0 bridgehead atoms. The molecular weight excluding hydrogens is 188 g/mol. The number of hydrogen-bond acceptors (Lipinski definition) is 2. The van der Waals surface area contributed by atoms with Gasteiger partial charge in [-0.2, -0.15) is 0 Å². The Morgan fingerprint density at radius 2 is 1.80 bits per heavy atom. The summed E-state index contributed by atoms with van der Waals surface area (Å²) in [6.45, 7) is 4.35. The molecule has 86 valence electrons. The lowest BCUT2D eigenvalue weighted by Crippen LogP contribution is -2.50. The zero-order valence-electron chi connectivity index (χ0n) is 9.75. The van der Waals surface area contributed by atoms with Crippen LogP contribution in [0.2, 0.25) is 0 Å². The van der Waals surface area contributed by atoms with Gasteiger partial charge in [-0.1, -0.05) is 0 Å². The first-order valence-electron chi connectivity index (χ1n) is 6.05. The molecule has 2 aliphatic carbocycles. The number of amides is 1. The maximum absolute atomic E-state index is 11.6. The predicted molar refractivity (Wildman–Crippen MR) is 60.2 cm³/mol. The first-order chi connectivity index (χ1) is 6.98. The molecule has 0 saturated heterocycles. The summed E-state index contributed by atoms with van der Waals surface area (Å²) in [6, 6.07) is 0. The Morgan fingerprint density at radius 1 is 1.33 bits per heavy atom. The van der Waals surface area contributed by atoms with Crippen molar-refractivity contribution in [2.75, 3.05) is 6.54 Å². The Hall–Kier alpha value is -0.570. The topological polar surface area (TPSA) is 55.1 Å². The number of carbonyl (C=O) groups is 1. The van der Waals surface area contributed by atoms with E-state index < -0.39 is 5.54 Å². The highest BCUT2D eigenvalue weighted by Gasteiger charge is 2.41. The standard InChI is InChI=1S/C12H22N2O/c1-12(2,13)11(15)14-7-10(8-3-4-8)9-5-6-9/h8-10H,3-7,13H2,1-2H3,(H,14,15). The van der Waals surface area contributed by atoms with Gasteiger partial charge in [0.15, 0.2) is 0 Å². The van der Waals surface area contributed by atoms with E-state index in [9.17, 15) is 4.79 Å². The molecule has 2 saturated carbocycles. The van der Waals surface area contributed by atoms with Gasteiger partial charge in [-0.25, -0.2) is 0 Å². The highest BCUT2D eigenvalue weighted by molar-refractivity contribution is 5.85. The van der Waals surface area contributed by atoms with Crippen LogP contribution in [0, 0.1) is 17.8 Å². The molecule has 15 heavy (non-hydrogen) atoms. The third-order valence-electron chi connectivity index (χ3n) is 3.54. The van der Waals surface area contributed by atoms with Gasteiger partial charge in [-0.3, -0.25) is 4.79 Å². The van der Waals surface area contributed by atoms with Crippen molar-refractivity contribution in [3.8, 4) is 0 Å². The summed E-state index contributed by atoms with van der Waals surface area (Å²) >= 11 is 0. The van der Waals surface area contributed by atoms with Crippen molar-refractivity contribution in [1.82, 2.24) is 5.32 Å². The molecule has 0 aromatic heterocycles. The van der Waals surface area contributed by atoms with Gasteiger partial charge >= 0.3 is 0 Å². The lowest BCUT2D eigenvalue weighted by Gasteiger charge is -2.21. The maximum atomic E-state index is 11.6. The van der Waals surface area contributed by atoms with E-state index in [0.29, 0.717) is 0 Å². The molecule has 3 nitrogen and oxygen atoms in total. The summed E-state index contributed by atoms with van der Waals surface area (Å²) in [6.07, 6.45) is 5.46. The van der Waals surface area contributed by atoms with Crippen LogP contribution in [0.5, 0.6) is 0 Å². The molecule has 0 aromatic carbocycles. The van der Waals surface area contributed by atoms with E-state index in [1.54, 1.807) is 13.8 Å². The van der Waals surface area contributed by atoms with Crippen LogP contribution in [0.25, 0.3) is 0 Å². The van der Waals surface area contributed by atoms with E-state index in [-0.39, 0.29) is 5.91 Å². The van der Waals surface area contributed by atoms with Gasteiger partial charge in [0.05, 0.1) is 5.54 Å². The Morgan fingerprint density at radius 3 is 2.13 bits per heavy atom. The zero-order chi connectivity index (χ0) is 11.1. The van der Waals surface area contributed by atoms with Crippen LogP contribution in [0.15, 0.2) is 0 Å². The summed E-state index contributed by atoms with van der Waals surface area (Å²) in [4.78, 5) is 11.6. The van der Waals surface area contributed by atoms with Crippen molar-refractivity contribution >= 4 is 5.91 Å². The second-order valence-corrected chi connectivity index (χ2v) is 5.77. The highest BCUT2D eigenvalue weighted by atomic mass is 16.2. The van der Waals surface area contributed by atoms with Gasteiger partial charge in [0.1, 0.15) is 0 Å². The van der Waals surface area contributed by atoms with Gasteiger partial charge < -0.3 is 11.1 Å². The first-order valence-corrected chi connectivity index (χ1v) is 6.05. The third kappa shape index (κ3) is 2.94. The number of nitrogens with two attached hydrogens (primary N) is 1. The minimum atomic E-state index is -0.738. The molecule has 3 N–H and O–H groups in total. The molecule has 2 aliphatic rings. The number of hydrogen-bond donors (Lipinski definition) is 2. The number of carbonyl (C=O) groups excluding carboxylic acids is 1. The Balaban J connectivity index is 1.78. The van der Waals surface area contributed by atoms with E-state index in [2.05, 4.69) is 5.32 Å². The average Bonchev–Trinajstić information content (AvgIpc) is 2.98. The summed E-state index contributed by atoms with van der Waals surface area (Å²) in [5.41, 5.74) is 5.00. The average molecular weight is 210 g/mol. The normalized spacial score (nSPS) is 21.9. The maximum Gasteiger partial charge on any atom is 0.239 e. The summed E-state index contributed by atoms with van der Waals surface area (Å²) in [5, 5.41) is 3.00. The molecule has 0 atom stereocenters. The van der Waals surface area contributed by atoms with E-state index in [4.69, 9.17) is 5.73 Å². The second-order valence-electron chi connectivity index (χ2n) is 5.77. The zero-order valence-corrected chi connectivity index (χ0v) is 9.75. The molecule has 0 aromatic rings. The lowest BCUT2D eigenvalue weighted by molar-refractivity contribution is -0.125. The first kappa shape index (κ1) is 10.9. The molecule has 0 radical (unpaired) electrons. The largest absolute Gasteiger partial charge is 0.354 e. The van der Waals surface area contributed by atoms with Crippen molar-refractivity contribution in [3.63, 3.8) is 0 Å². The molecule has 0 unspecified atom stereocenters. The number of rotatable bonds is 5. The van der Waals surface area contributed by atoms with Crippen LogP contribution in [0.3, 0.4) is 0 Å². The van der Waals surface area contributed by atoms with Crippen LogP contribution < -0.4 is 11.1 Å². The molecule has 0 heterocycles. The Bertz CT molecular complexity index is 237. The summed E-state index contributed by atoms with van der Waals surface area (Å²) in [5.74, 6) is 2.49. The fraction of sp³-hybridized carbons (Fsp3) is 0.917. The van der Waals surface area contributed by atoms with Crippen molar-refractivity contribution in [2.45, 2.75) is 45.1 Å². The van der Waals surface area contributed by atoms with E-state index in [1.807, 2.05) is 0 Å². The minimum Gasteiger partial charge on any atom is -0.354 e. The second kappa shape index (κ2) is 3.78. The molecular formula is C12H22N2O. The van der Waals surface area contributed by atoms with Crippen LogP contribution in [-0.2, 0) is 4.79 Å². The quantitative estimate of drug-likeness (QED) is 0.718. The van der Waals surface area contributed by atoms with Crippen LogP contribution in [-0.4, -0.2) is 18.0 Å². The van der Waals surface area contributed by atoms with Gasteiger partial charge in [0, 0.05) is 6.54 Å². The van der Waals surface area contributed by atoms with Crippen LogP contribution in [0.4, 0.5) is 0 Å². The molecule has 1 amide bonds. The predicted octanol–water partition coefficient (Wildman–Crippen LogP) is 1.28. The van der Waals surface area contributed by atoms with Crippen molar-refractivity contribution < 1.29 is 4.79 Å². The highest BCUT2D eigenvalue weighted by Crippen LogP contribution is 2.48. The smallest absolute Gasteiger partial charge is 0.239 e. The Labute approximate surface area is 91.8 Å². The molecule has 2 rings (SSSR count). The molecule has 3 heteroatoms.